The first-order valence-electron chi connectivity index (χ1n) is 8.54. The molecule has 1 aliphatic rings. The standard InChI is InChI=1S/C19H22N4O2/c1-22-12-13(11-21-22)9-17-18(25-2)6-8-23(17)19(24)15-3-4-16-14(10-15)5-7-20-16/h3-5,7,10-12,17-18,20H,6,8-9H2,1-2H3/t17-,18+/m0/s1. The molecule has 1 saturated heterocycles. The first-order valence-corrected chi connectivity index (χ1v) is 8.54. The van der Waals surface area contributed by atoms with Gasteiger partial charge >= 0.3 is 0 Å². The quantitative estimate of drug-likeness (QED) is 0.794. The van der Waals surface area contributed by atoms with Crippen LogP contribution in [0, 0.1) is 0 Å². The van der Waals surface area contributed by atoms with Crippen LogP contribution in [0.1, 0.15) is 22.3 Å². The topological polar surface area (TPSA) is 63.1 Å². The predicted octanol–water partition coefficient (Wildman–Crippen LogP) is 2.37. The van der Waals surface area contributed by atoms with Crippen LogP contribution in [0.3, 0.4) is 0 Å². The molecule has 2 atom stereocenters. The Hall–Kier alpha value is -2.60. The molecule has 1 fully saturated rings. The van der Waals surface area contributed by atoms with Crippen LogP contribution in [-0.4, -0.2) is 51.4 Å². The van der Waals surface area contributed by atoms with Crippen LogP contribution in [0.4, 0.5) is 0 Å². The highest BCUT2D eigenvalue weighted by Crippen LogP contribution is 2.26. The highest BCUT2D eigenvalue weighted by Gasteiger charge is 2.37. The third kappa shape index (κ3) is 2.93. The molecule has 0 bridgehead atoms. The van der Waals surface area contributed by atoms with E-state index in [-0.39, 0.29) is 18.1 Å². The number of aromatic nitrogens is 3. The van der Waals surface area contributed by atoms with Gasteiger partial charge in [-0.25, -0.2) is 0 Å². The maximum absolute atomic E-state index is 13.1. The van der Waals surface area contributed by atoms with E-state index in [9.17, 15) is 4.79 Å². The number of hydrogen-bond donors (Lipinski definition) is 1. The summed E-state index contributed by atoms with van der Waals surface area (Å²) >= 11 is 0. The van der Waals surface area contributed by atoms with Crippen LogP contribution in [0.5, 0.6) is 0 Å². The van der Waals surface area contributed by atoms with Gasteiger partial charge in [0.1, 0.15) is 0 Å². The molecule has 1 N–H and O–H groups in total. The lowest BCUT2D eigenvalue weighted by Gasteiger charge is -2.27. The molecule has 0 aliphatic carbocycles. The summed E-state index contributed by atoms with van der Waals surface area (Å²) in [7, 11) is 3.63. The number of H-pyrrole nitrogens is 1. The van der Waals surface area contributed by atoms with Crippen molar-refractivity contribution >= 4 is 16.8 Å². The second-order valence-electron chi connectivity index (χ2n) is 6.63. The van der Waals surface area contributed by atoms with Gasteiger partial charge in [0, 0.05) is 49.6 Å². The van der Waals surface area contributed by atoms with Gasteiger partial charge in [-0.2, -0.15) is 5.10 Å². The smallest absolute Gasteiger partial charge is 0.254 e. The Labute approximate surface area is 146 Å². The highest BCUT2D eigenvalue weighted by molar-refractivity contribution is 5.98. The van der Waals surface area contributed by atoms with Gasteiger partial charge in [-0.05, 0) is 42.7 Å². The van der Waals surface area contributed by atoms with Gasteiger partial charge < -0.3 is 14.6 Å². The monoisotopic (exact) mass is 338 g/mol. The number of hydrogen-bond acceptors (Lipinski definition) is 3. The molecule has 0 spiro atoms. The number of ether oxygens (including phenoxy) is 1. The van der Waals surface area contributed by atoms with E-state index < -0.39 is 0 Å². The minimum absolute atomic E-state index is 0.0311. The maximum Gasteiger partial charge on any atom is 0.254 e. The SMILES string of the molecule is CO[C@@H]1CCN(C(=O)c2ccc3[nH]ccc3c2)[C@H]1Cc1cnn(C)c1. The maximum atomic E-state index is 13.1. The van der Waals surface area contributed by atoms with E-state index >= 15 is 0 Å². The number of methoxy groups -OCH3 is 1. The van der Waals surface area contributed by atoms with Crippen molar-refractivity contribution in [2.75, 3.05) is 13.7 Å². The van der Waals surface area contributed by atoms with E-state index in [0.717, 1.165) is 34.9 Å². The fraction of sp³-hybridized carbons (Fsp3) is 0.368. The van der Waals surface area contributed by atoms with Crippen molar-refractivity contribution in [3.8, 4) is 0 Å². The molecular formula is C19H22N4O2. The van der Waals surface area contributed by atoms with E-state index in [1.165, 1.54) is 0 Å². The summed E-state index contributed by atoms with van der Waals surface area (Å²) in [5, 5.41) is 5.29. The third-order valence-electron chi connectivity index (χ3n) is 5.05. The second kappa shape index (κ2) is 6.37. The molecule has 25 heavy (non-hydrogen) atoms. The number of aromatic amines is 1. The summed E-state index contributed by atoms with van der Waals surface area (Å²) < 4.78 is 7.44. The van der Waals surface area contributed by atoms with Gasteiger partial charge in [-0.15, -0.1) is 0 Å². The molecule has 2 aromatic heterocycles. The number of likely N-dealkylation sites (tertiary alicyclic amines) is 1. The van der Waals surface area contributed by atoms with Crippen molar-refractivity contribution in [3.63, 3.8) is 0 Å². The number of aryl methyl sites for hydroxylation is 1. The zero-order valence-electron chi connectivity index (χ0n) is 14.5. The number of benzene rings is 1. The number of nitrogens with zero attached hydrogens (tertiary/aromatic N) is 3. The molecule has 3 heterocycles. The second-order valence-corrected chi connectivity index (χ2v) is 6.63. The largest absolute Gasteiger partial charge is 0.379 e. The molecule has 6 nitrogen and oxygen atoms in total. The first-order chi connectivity index (χ1) is 12.2. The Morgan fingerprint density at radius 3 is 3.04 bits per heavy atom. The molecule has 0 unspecified atom stereocenters. The zero-order chi connectivity index (χ0) is 17.4. The van der Waals surface area contributed by atoms with Gasteiger partial charge in [-0.1, -0.05) is 0 Å². The number of rotatable bonds is 4. The molecule has 0 radical (unpaired) electrons. The number of fused-ring (bicyclic) bond motifs is 1. The lowest BCUT2D eigenvalue weighted by molar-refractivity contribution is 0.0508. The number of carbonyl (C=O) groups excluding carboxylic acids is 1. The summed E-state index contributed by atoms with van der Waals surface area (Å²) in [5.74, 6) is 0.0662. The Kier molecular flexibility index (Phi) is 4.05. The molecule has 1 aromatic carbocycles. The van der Waals surface area contributed by atoms with Crippen molar-refractivity contribution < 1.29 is 9.53 Å². The van der Waals surface area contributed by atoms with Crippen molar-refractivity contribution in [3.05, 3.63) is 54.0 Å². The van der Waals surface area contributed by atoms with Crippen LogP contribution >= 0.6 is 0 Å². The highest BCUT2D eigenvalue weighted by atomic mass is 16.5. The van der Waals surface area contributed by atoms with Gasteiger partial charge in [0.25, 0.3) is 5.91 Å². The van der Waals surface area contributed by atoms with Crippen LogP contribution in [0.2, 0.25) is 0 Å². The van der Waals surface area contributed by atoms with Crippen molar-refractivity contribution in [2.24, 2.45) is 7.05 Å². The lowest BCUT2D eigenvalue weighted by atomic mass is 10.0. The predicted molar refractivity (Wildman–Crippen MR) is 95.4 cm³/mol. The van der Waals surface area contributed by atoms with Gasteiger partial charge in [0.15, 0.2) is 0 Å². The van der Waals surface area contributed by atoms with E-state index in [0.29, 0.717) is 6.54 Å². The van der Waals surface area contributed by atoms with Gasteiger partial charge in [0.2, 0.25) is 0 Å². The summed E-state index contributed by atoms with van der Waals surface area (Å²) in [6.45, 7) is 0.716. The summed E-state index contributed by atoms with van der Waals surface area (Å²) in [6.07, 6.45) is 7.42. The minimum Gasteiger partial charge on any atom is -0.379 e. The van der Waals surface area contributed by atoms with E-state index in [2.05, 4.69) is 10.1 Å². The molecule has 4 rings (SSSR count). The average Bonchev–Trinajstić information content (AvgIpc) is 3.33. The molecule has 3 aromatic rings. The van der Waals surface area contributed by atoms with Crippen molar-refractivity contribution in [1.82, 2.24) is 19.7 Å². The zero-order valence-corrected chi connectivity index (χ0v) is 14.5. The fourth-order valence-electron chi connectivity index (χ4n) is 3.76. The Morgan fingerprint density at radius 2 is 2.28 bits per heavy atom. The Bertz CT molecular complexity index is 898. The molecule has 1 amide bonds. The normalized spacial score (nSPS) is 20.5. The van der Waals surface area contributed by atoms with Gasteiger partial charge in [-0.3, -0.25) is 9.48 Å². The van der Waals surface area contributed by atoms with Crippen LogP contribution in [0.15, 0.2) is 42.9 Å². The molecule has 130 valence electrons. The number of carbonyl (C=O) groups is 1. The molecular weight excluding hydrogens is 316 g/mol. The first kappa shape index (κ1) is 15.9. The van der Waals surface area contributed by atoms with E-state index in [1.807, 2.05) is 54.8 Å². The Morgan fingerprint density at radius 1 is 1.40 bits per heavy atom. The van der Waals surface area contributed by atoms with Crippen LogP contribution in [-0.2, 0) is 18.2 Å². The lowest BCUT2D eigenvalue weighted by Crippen LogP contribution is -2.41. The molecule has 0 saturated carbocycles. The van der Waals surface area contributed by atoms with Crippen LogP contribution < -0.4 is 0 Å². The van der Waals surface area contributed by atoms with Crippen LogP contribution in [0.25, 0.3) is 10.9 Å². The van der Waals surface area contributed by atoms with Gasteiger partial charge in [0.05, 0.1) is 18.3 Å². The van der Waals surface area contributed by atoms with Crippen molar-refractivity contribution in [1.29, 1.82) is 0 Å². The summed E-state index contributed by atoms with van der Waals surface area (Å²) in [4.78, 5) is 18.2. The average molecular weight is 338 g/mol. The summed E-state index contributed by atoms with van der Waals surface area (Å²) in [5.41, 5.74) is 2.88. The van der Waals surface area contributed by atoms with E-state index in [4.69, 9.17) is 4.74 Å². The molecule has 6 heteroatoms. The minimum atomic E-state index is 0.0311. The fourth-order valence-corrected chi connectivity index (χ4v) is 3.76. The number of nitrogens with one attached hydrogen (secondary N) is 1. The third-order valence-corrected chi connectivity index (χ3v) is 5.05. The van der Waals surface area contributed by atoms with E-state index in [1.54, 1.807) is 11.8 Å². The van der Waals surface area contributed by atoms with Crippen molar-refractivity contribution in [2.45, 2.75) is 25.0 Å². The number of amides is 1. The summed E-state index contributed by atoms with van der Waals surface area (Å²) in [6, 6.07) is 7.82. The Balaban J connectivity index is 1.60. The molecule has 1 aliphatic heterocycles.